The van der Waals surface area contributed by atoms with Gasteiger partial charge in [0.2, 0.25) is 5.91 Å². The summed E-state index contributed by atoms with van der Waals surface area (Å²) in [6.45, 7) is 1.52. The van der Waals surface area contributed by atoms with E-state index in [1.807, 2.05) is 66.7 Å². The van der Waals surface area contributed by atoms with Gasteiger partial charge >= 0.3 is 0 Å². The van der Waals surface area contributed by atoms with Gasteiger partial charge in [-0.1, -0.05) is 60.7 Å². The molecule has 0 aliphatic carbocycles. The van der Waals surface area contributed by atoms with E-state index in [1.54, 1.807) is 0 Å². The summed E-state index contributed by atoms with van der Waals surface area (Å²) in [7, 11) is 0. The van der Waals surface area contributed by atoms with Gasteiger partial charge in [-0.05, 0) is 17.0 Å². The number of hydrazone groups is 1. The third-order valence-corrected chi connectivity index (χ3v) is 4.63. The van der Waals surface area contributed by atoms with Crippen molar-refractivity contribution in [2.75, 3.05) is 0 Å². The van der Waals surface area contributed by atoms with Crippen molar-refractivity contribution in [3.05, 3.63) is 77.9 Å². The van der Waals surface area contributed by atoms with E-state index < -0.39 is 0 Å². The van der Waals surface area contributed by atoms with Crippen molar-refractivity contribution in [2.45, 2.75) is 19.4 Å². The SMILES string of the molecule is CC(=O)N1N=C(c2ccc3ccccc3c2O)C[C@@H]1c1ccccc1. The summed E-state index contributed by atoms with van der Waals surface area (Å²) in [4.78, 5) is 12.1. The number of nitrogens with zero attached hydrogens (tertiary/aromatic N) is 2. The van der Waals surface area contributed by atoms with Crippen molar-refractivity contribution >= 4 is 22.4 Å². The number of carbonyl (C=O) groups is 1. The maximum atomic E-state index is 12.1. The fourth-order valence-corrected chi connectivity index (χ4v) is 3.39. The molecular formula is C21H18N2O2. The second-order valence-corrected chi connectivity index (χ2v) is 6.22. The number of phenolic OH excluding ortho intramolecular Hbond substituents is 1. The Labute approximate surface area is 146 Å². The van der Waals surface area contributed by atoms with Crippen molar-refractivity contribution in [1.82, 2.24) is 5.01 Å². The summed E-state index contributed by atoms with van der Waals surface area (Å²) in [6, 6.07) is 21.3. The zero-order valence-corrected chi connectivity index (χ0v) is 13.9. The minimum absolute atomic E-state index is 0.107. The van der Waals surface area contributed by atoms with Gasteiger partial charge in [0.05, 0.1) is 11.8 Å². The Kier molecular flexibility index (Phi) is 3.73. The molecule has 4 heteroatoms. The molecule has 3 aromatic rings. The predicted octanol–water partition coefficient (Wildman–Crippen LogP) is 4.24. The molecule has 1 aliphatic rings. The summed E-state index contributed by atoms with van der Waals surface area (Å²) in [5.41, 5.74) is 2.45. The molecule has 4 rings (SSSR count). The first-order valence-corrected chi connectivity index (χ1v) is 8.28. The summed E-state index contributed by atoms with van der Waals surface area (Å²) in [5.74, 6) is 0.109. The molecule has 3 aromatic carbocycles. The second kappa shape index (κ2) is 6.06. The van der Waals surface area contributed by atoms with E-state index in [2.05, 4.69) is 5.10 Å². The Morgan fingerprint density at radius 2 is 1.76 bits per heavy atom. The maximum absolute atomic E-state index is 12.1. The van der Waals surface area contributed by atoms with E-state index in [0.717, 1.165) is 22.0 Å². The van der Waals surface area contributed by atoms with Gasteiger partial charge in [0.1, 0.15) is 5.75 Å². The number of aromatic hydroxyl groups is 1. The van der Waals surface area contributed by atoms with Gasteiger partial charge in [0.15, 0.2) is 0 Å². The predicted molar refractivity (Wildman–Crippen MR) is 98.5 cm³/mol. The Morgan fingerprint density at radius 3 is 2.52 bits per heavy atom. The van der Waals surface area contributed by atoms with Crippen molar-refractivity contribution in [2.24, 2.45) is 5.10 Å². The maximum Gasteiger partial charge on any atom is 0.240 e. The number of benzene rings is 3. The van der Waals surface area contributed by atoms with Crippen LogP contribution in [-0.4, -0.2) is 21.7 Å². The van der Waals surface area contributed by atoms with Crippen LogP contribution in [0.5, 0.6) is 5.75 Å². The summed E-state index contributed by atoms with van der Waals surface area (Å²) < 4.78 is 0. The van der Waals surface area contributed by atoms with Crippen LogP contribution >= 0.6 is 0 Å². The van der Waals surface area contributed by atoms with Crippen LogP contribution in [0.1, 0.15) is 30.5 Å². The van der Waals surface area contributed by atoms with Crippen LogP contribution < -0.4 is 0 Å². The third-order valence-electron chi connectivity index (χ3n) is 4.63. The van der Waals surface area contributed by atoms with E-state index in [0.29, 0.717) is 12.0 Å². The van der Waals surface area contributed by atoms with Gasteiger partial charge in [-0.3, -0.25) is 4.79 Å². The lowest BCUT2D eigenvalue weighted by Crippen LogP contribution is -2.24. The average Bonchev–Trinajstić information content (AvgIpc) is 3.08. The molecule has 0 bridgehead atoms. The quantitative estimate of drug-likeness (QED) is 0.764. The van der Waals surface area contributed by atoms with E-state index in [-0.39, 0.29) is 17.7 Å². The molecule has 0 spiro atoms. The Bertz CT molecular complexity index is 980. The molecule has 1 atom stereocenters. The van der Waals surface area contributed by atoms with Crippen molar-refractivity contribution < 1.29 is 9.90 Å². The third kappa shape index (κ3) is 2.66. The first-order valence-electron chi connectivity index (χ1n) is 8.28. The minimum atomic E-state index is -0.139. The lowest BCUT2D eigenvalue weighted by molar-refractivity contribution is -0.130. The number of fused-ring (bicyclic) bond motifs is 1. The van der Waals surface area contributed by atoms with Gasteiger partial charge in [-0.2, -0.15) is 5.10 Å². The normalized spacial score (nSPS) is 16.9. The number of phenols is 1. The van der Waals surface area contributed by atoms with Crippen molar-refractivity contribution in [3.8, 4) is 5.75 Å². The van der Waals surface area contributed by atoms with Gasteiger partial charge in [0, 0.05) is 24.3 Å². The first-order chi connectivity index (χ1) is 12.1. The highest BCUT2D eigenvalue weighted by Crippen LogP contribution is 2.37. The van der Waals surface area contributed by atoms with E-state index in [4.69, 9.17) is 0 Å². The molecule has 1 N–H and O–H groups in total. The molecule has 4 nitrogen and oxygen atoms in total. The Morgan fingerprint density at radius 1 is 1.04 bits per heavy atom. The van der Waals surface area contributed by atoms with Crippen LogP contribution in [0, 0.1) is 0 Å². The van der Waals surface area contributed by atoms with Crippen LogP contribution in [0.4, 0.5) is 0 Å². The van der Waals surface area contributed by atoms with Crippen LogP contribution in [0.3, 0.4) is 0 Å². The minimum Gasteiger partial charge on any atom is -0.507 e. The monoisotopic (exact) mass is 330 g/mol. The van der Waals surface area contributed by atoms with Gasteiger partial charge in [-0.15, -0.1) is 0 Å². The van der Waals surface area contributed by atoms with Crippen LogP contribution in [0.25, 0.3) is 10.8 Å². The second-order valence-electron chi connectivity index (χ2n) is 6.22. The van der Waals surface area contributed by atoms with Crippen LogP contribution in [-0.2, 0) is 4.79 Å². The molecule has 0 saturated heterocycles. The zero-order chi connectivity index (χ0) is 17.4. The number of amides is 1. The Hall–Kier alpha value is -3.14. The smallest absolute Gasteiger partial charge is 0.240 e. The molecule has 0 unspecified atom stereocenters. The van der Waals surface area contributed by atoms with E-state index in [9.17, 15) is 9.90 Å². The standard InChI is InChI=1S/C21H18N2O2/c1-14(24)23-20(16-8-3-2-4-9-16)13-19(22-23)18-12-11-15-7-5-6-10-17(15)21(18)25/h2-12,20,25H,13H2,1H3/t20-/m1/s1. The van der Waals surface area contributed by atoms with Gasteiger partial charge < -0.3 is 5.11 Å². The molecule has 0 aromatic heterocycles. The number of hydrogen-bond donors (Lipinski definition) is 1. The molecule has 1 amide bonds. The largest absolute Gasteiger partial charge is 0.507 e. The highest BCUT2D eigenvalue weighted by atomic mass is 16.3. The average molecular weight is 330 g/mol. The number of carbonyl (C=O) groups excluding carboxylic acids is 1. The van der Waals surface area contributed by atoms with Crippen molar-refractivity contribution in [1.29, 1.82) is 0 Å². The van der Waals surface area contributed by atoms with Crippen LogP contribution in [0.2, 0.25) is 0 Å². The van der Waals surface area contributed by atoms with E-state index in [1.165, 1.54) is 11.9 Å². The van der Waals surface area contributed by atoms with Crippen LogP contribution in [0.15, 0.2) is 71.8 Å². The highest BCUT2D eigenvalue weighted by molar-refractivity contribution is 6.09. The lowest BCUT2D eigenvalue weighted by atomic mass is 9.96. The van der Waals surface area contributed by atoms with E-state index >= 15 is 0 Å². The summed E-state index contributed by atoms with van der Waals surface area (Å²) in [5, 5.41) is 18.5. The van der Waals surface area contributed by atoms with Crippen molar-refractivity contribution in [3.63, 3.8) is 0 Å². The first kappa shape index (κ1) is 15.4. The molecular weight excluding hydrogens is 312 g/mol. The Balaban J connectivity index is 1.77. The summed E-state index contributed by atoms with van der Waals surface area (Å²) >= 11 is 0. The zero-order valence-electron chi connectivity index (χ0n) is 13.9. The van der Waals surface area contributed by atoms with Gasteiger partial charge in [0.25, 0.3) is 0 Å². The fourth-order valence-electron chi connectivity index (χ4n) is 3.39. The molecule has 1 heterocycles. The molecule has 0 radical (unpaired) electrons. The van der Waals surface area contributed by atoms with Gasteiger partial charge in [-0.25, -0.2) is 5.01 Å². The molecule has 124 valence electrons. The molecule has 1 aliphatic heterocycles. The fraction of sp³-hybridized carbons (Fsp3) is 0.143. The highest BCUT2D eigenvalue weighted by Gasteiger charge is 2.32. The number of rotatable bonds is 2. The topological polar surface area (TPSA) is 52.9 Å². The molecule has 0 saturated carbocycles. The number of hydrogen-bond acceptors (Lipinski definition) is 3. The molecule has 25 heavy (non-hydrogen) atoms. The lowest BCUT2D eigenvalue weighted by Gasteiger charge is -2.20. The molecule has 0 fully saturated rings. The summed E-state index contributed by atoms with van der Waals surface area (Å²) in [6.07, 6.45) is 0.579.